The van der Waals surface area contributed by atoms with Gasteiger partial charge in [-0.25, -0.2) is 4.79 Å². The average molecular weight is 209 g/mol. The summed E-state index contributed by atoms with van der Waals surface area (Å²) in [6.07, 6.45) is 3.18. The standard InChI is InChI=1S/C9H11N3O3/c1-6-7(11-4-3-10-6)9(2,8(14)15)12-5-13/h3-5H,1-2H3,(H,12,13)(H,14,15). The first-order valence-corrected chi connectivity index (χ1v) is 4.25. The molecule has 0 fully saturated rings. The summed E-state index contributed by atoms with van der Waals surface area (Å²) >= 11 is 0. The number of carboxylic acids is 1. The van der Waals surface area contributed by atoms with Gasteiger partial charge in [-0.2, -0.15) is 0 Å². The zero-order valence-electron chi connectivity index (χ0n) is 8.39. The highest BCUT2D eigenvalue weighted by molar-refractivity contribution is 5.82. The molecule has 0 bridgehead atoms. The van der Waals surface area contributed by atoms with Crippen LogP contribution in [0.4, 0.5) is 0 Å². The van der Waals surface area contributed by atoms with Crippen molar-refractivity contribution in [2.45, 2.75) is 19.4 Å². The van der Waals surface area contributed by atoms with E-state index in [1.165, 1.54) is 19.3 Å². The first kappa shape index (κ1) is 11.1. The van der Waals surface area contributed by atoms with Gasteiger partial charge in [0.1, 0.15) is 0 Å². The van der Waals surface area contributed by atoms with Crippen molar-refractivity contribution >= 4 is 12.4 Å². The summed E-state index contributed by atoms with van der Waals surface area (Å²) in [6.45, 7) is 3.00. The van der Waals surface area contributed by atoms with E-state index in [-0.39, 0.29) is 5.69 Å². The summed E-state index contributed by atoms with van der Waals surface area (Å²) in [5.41, 5.74) is -0.846. The SMILES string of the molecule is Cc1nccnc1C(C)(NC=O)C(=O)O. The lowest BCUT2D eigenvalue weighted by atomic mass is 9.96. The maximum absolute atomic E-state index is 11.1. The highest BCUT2D eigenvalue weighted by Gasteiger charge is 2.37. The lowest BCUT2D eigenvalue weighted by Crippen LogP contribution is -2.47. The van der Waals surface area contributed by atoms with Crippen LogP contribution >= 0.6 is 0 Å². The van der Waals surface area contributed by atoms with E-state index in [0.717, 1.165) is 0 Å². The van der Waals surface area contributed by atoms with Crippen molar-refractivity contribution in [1.82, 2.24) is 15.3 Å². The van der Waals surface area contributed by atoms with Crippen LogP contribution in [0.1, 0.15) is 18.3 Å². The Hall–Kier alpha value is -1.98. The fourth-order valence-electron chi connectivity index (χ4n) is 1.25. The Morgan fingerprint density at radius 1 is 1.53 bits per heavy atom. The number of hydrogen-bond donors (Lipinski definition) is 2. The van der Waals surface area contributed by atoms with Crippen molar-refractivity contribution in [3.63, 3.8) is 0 Å². The third kappa shape index (κ3) is 1.93. The fraction of sp³-hybridized carbons (Fsp3) is 0.333. The van der Waals surface area contributed by atoms with Gasteiger partial charge in [0, 0.05) is 12.4 Å². The molecular weight excluding hydrogens is 198 g/mol. The molecule has 6 nitrogen and oxygen atoms in total. The predicted octanol–water partition coefficient (Wildman–Crippen LogP) is -0.169. The molecule has 1 unspecified atom stereocenters. The van der Waals surface area contributed by atoms with E-state index in [2.05, 4.69) is 15.3 Å². The Morgan fingerprint density at radius 2 is 2.13 bits per heavy atom. The van der Waals surface area contributed by atoms with Crippen LogP contribution < -0.4 is 5.32 Å². The normalized spacial score (nSPS) is 14.0. The van der Waals surface area contributed by atoms with Crippen molar-refractivity contribution in [3.05, 3.63) is 23.8 Å². The van der Waals surface area contributed by atoms with Crippen LogP contribution in [0.5, 0.6) is 0 Å². The number of carboxylic acid groups (broad SMARTS) is 1. The number of nitrogens with zero attached hydrogens (tertiary/aromatic N) is 2. The number of nitrogens with one attached hydrogen (secondary N) is 1. The fourth-order valence-corrected chi connectivity index (χ4v) is 1.25. The quantitative estimate of drug-likeness (QED) is 0.672. The van der Waals surface area contributed by atoms with Crippen LogP contribution in [0.15, 0.2) is 12.4 Å². The second-order valence-corrected chi connectivity index (χ2v) is 3.18. The van der Waals surface area contributed by atoms with Crippen molar-refractivity contribution in [2.75, 3.05) is 0 Å². The van der Waals surface area contributed by atoms with E-state index >= 15 is 0 Å². The first-order chi connectivity index (χ1) is 7.02. The molecule has 0 aliphatic carbocycles. The topological polar surface area (TPSA) is 92.2 Å². The number of aryl methyl sites for hydroxylation is 1. The minimum absolute atomic E-state index is 0.226. The van der Waals surface area contributed by atoms with Crippen molar-refractivity contribution in [1.29, 1.82) is 0 Å². The number of carbonyl (C=O) groups is 2. The molecule has 1 rings (SSSR count). The maximum atomic E-state index is 11.1. The summed E-state index contributed by atoms with van der Waals surface area (Å²) in [5, 5.41) is 11.3. The van der Waals surface area contributed by atoms with E-state index in [1.807, 2.05) is 0 Å². The number of carbonyl (C=O) groups excluding carboxylic acids is 1. The molecule has 1 amide bonds. The van der Waals surface area contributed by atoms with Gasteiger partial charge < -0.3 is 10.4 Å². The van der Waals surface area contributed by atoms with Gasteiger partial charge in [-0.1, -0.05) is 0 Å². The van der Waals surface area contributed by atoms with Crippen LogP contribution in [-0.2, 0) is 15.1 Å². The lowest BCUT2D eigenvalue weighted by molar-refractivity contribution is -0.146. The molecule has 15 heavy (non-hydrogen) atoms. The third-order valence-corrected chi connectivity index (χ3v) is 2.13. The molecule has 80 valence electrons. The predicted molar refractivity (Wildman–Crippen MR) is 51.0 cm³/mol. The average Bonchev–Trinajstić information content (AvgIpc) is 2.18. The number of amides is 1. The van der Waals surface area contributed by atoms with Gasteiger partial charge in [0.2, 0.25) is 6.41 Å². The van der Waals surface area contributed by atoms with Crippen LogP contribution in [0.25, 0.3) is 0 Å². The monoisotopic (exact) mass is 209 g/mol. The highest BCUT2D eigenvalue weighted by atomic mass is 16.4. The minimum Gasteiger partial charge on any atom is -0.479 e. The minimum atomic E-state index is -1.54. The smallest absolute Gasteiger partial charge is 0.335 e. The number of hydrogen-bond acceptors (Lipinski definition) is 4. The van der Waals surface area contributed by atoms with Crippen LogP contribution in [-0.4, -0.2) is 27.5 Å². The Balaban J connectivity index is 3.27. The van der Waals surface area contributed by atoms with Crippen LogP contribution in [0, 0.1) is 6.92 Å². The molecule has 0 aromatic carbocycles. The van der Waals surface area contributed by atoms with Crippen LogP contribution in [0.2, 0.25) is 0 Å². The van der Waals surface area contributed by atoms with Gasteiger partial charge in [-0.3, -0.25) is 14.8 Å². The van der Waals surface area contributed by atoms with E-state index in [1.54, 1.807) is 6.92 Å². The van der Waals surface area contributed by atoms with E-state index < -0.39 is 11.5 Å². The summed E-state index contributed by atoms with van der Waals surface area (Å²) in [5.74, 6) is -1.18. The van der Waals surface area contributed by atoms with Gasteiger partial charge in [0.05, 0.1) is 11.4 Å². The molecule has 0 aliphatic heterocycles. The van der Waals surface area contributed by atoms with Crippen molar-refractivity contribution < 1.29 is 14.7 Å². The number of aromatic nitrogens is 2. The molecule has 1 aromatic heterocycles. The van der Waals surface area contributed by atoms with Gasteiger partial charge in [0.25, 0.3) is 0 Å². The molecule has 0 radical (unpaired) electrons. The lowest BCUT2D eigenvalue weighted by Gasteiger charge is -2.24. The Bertz CT molecular complexity index is 394. The van der Waals surface area contributed by atoms with Gasteiger partial charge in [-0.05, 0) is 13.8 Å². The largest absolute Gasteiger partial charge is 0.479 e. The Morgan fingerprint density at radius 3 is 2.60 bits per heavy atom. The summed E-state index contributed by atoms with van der Waals surface area (Å²) in [7, 11) is 0. The zero-order valence-corrected chi connectivity index (χ0v) is 8.39. The highest BCUT2D eigenvalue weighted by Crippen LogP contribution is 2.20. The molecule has 0 saturated carbocycles. The van der Waals surface area contributed by atoms with Gasteiger partial charge in [-0.15, -0.1) is 0 Å². The summed E-state index contributed by atoms with van der Waals surface area (Å²) < 4.78 is 0. The van der Waals surface area contributed by atoms with Crippen LogP contribution in [0.3, 0.4) is 0 Å². The molecule has 6 heteroatoms. The molecule has 0 spiro atoms. The maximum Gasteiger partial charge on any atom is 0.335 e. The zero-order chi connectivity index (χ0) is 11.5. The third-order valence-electron chi connectivity index (χ3n) is 2.13. The van der Waals surface area contributed by atoms with Gasteiger partial charge in [0.15, 0.2) is 5.54 Å². The van der Waals surface area contributed by atoms with Crippen molar-refractivity contribution in [2.24, 2.45) is 0 Å². The first-order valence-electron chi connectivity index (χ1n) is 4.25. The molecular formula is C9H11N3O3. The van der Waals surface area contributed by atoms with Crippen molar-refractivity contribution in [3.8, 4) is 0 Å². The molecule has 0 saturated heterocycles. The van der Waals surface area contributed by atoms with E-state index in [0.29, 0.717) is 12.1 Å². The molecule has 1 heterocycles. The summed E-state index contributed by atoms with van der Waals surface area (Å²) in [6, 6.07) is 0. The Labute approximate surface area is 86.4 Å². The molecule has 1 aromatic rings. The Kier molecular flexibility index (Phi) is 2.99. The number of aliphatic carboxylic acids is 1. The van der Waals surface area contributed by atoms with E-state index in [9.17, 15) is 9.59 Å². The summed E-state index contributed by atoms with van der Waals surface area (Å²) in [4.78, 5) is 29.3. The van der Waals surface area contributed by atoms with E-state index in [4.69, 9.17) is 5.11 Å². The number of rotatable bonds is 4. The second kappa shape index (κ2) is 4.04. The second-order valence-electron chi connectivity index (χ2n) is 3.18. The molecule has 2 N–H and O–H groups in total. The molecule has 1 atom stereocenters. The van der Waals surface area contributed by atoms with Gasteiger partial charge >= 0.3 is 5.97 Å². The molecule has 0 aliphatic rings.